The molecule has 0 atom stereocenters. The summed E-state index contributed by atoms with van der Waals surface area (Å²) in [7, 11) is 0. The van der Waals surface area contributed by atoms with Crippen LogP contribution in [0.5, 0.6) is 0 Å². The zero-order valence-electron chi connectivity index (χ0n) is 8.51. The van der Waals surface area contributed by atoms with Gasteiger partial charge in [-0.2, -0.15) is 24.5 Å². The van der Waals surface area contributed by atoms with Gasteiger partial charge in [0.05, 0.1) is 13.1 Å². The quantitative estimate of drug-likeness (QED) is 0.841. The molecule has 16 heavy (non-hydrogen) atoms. The highest BCUT2D eigenvalue weighted by molar-refractivity contribution is 7.07. The Morgan fingerprint density at radius 2 is 2.19 bits per heavy atom. The van der Waals surface area contributed by atoms with Crippen molar-refractivity contribution in [3.05, 3.63) is 22.4 Å². The third-order valence-corrected chi connectivity index (χ3v) is 2.65. The second-order valence-electron chi connectivity index (χ2n) is 3.39. The van der Waals surface area contributed by atoms with Gasteiger partial charge in [0.2, 0.25) is 0 Å². The highest BCUT2D eigenvalue weighted by Crippen LogP contribution is 2.12. The molecule has 6 heteroatoms. The van der Waals surface area contributed by atoms with E-state index in [1.807, 2.05) is 16.8 Å². The van der Waals surface area contributed by atoms with Gasteiger partial charge in [-0.05, 0) is 28.8 Å². The molecule has 1 rings (SSSR count). The van der Waals surface area contributed by atoms with Crippen LogP contribution >= 0.6 is 11.3 Å². The number of hydrogen-bond donors (Lipinski definition) is 1. The van der Waals surface area contributed by atoms with E-state index in [2.05, 4.69) is 5.32 Å². The van der Waals surface area contributed by atoms with Gasteiger partial charge in [-0.15, -0.1) is 0 Å². The number of alkyl halides is 3. The normalized spacial score (nSPS) is 11.7. The molecule has 0 aromatic carbocycles. The predicted molar refractivity (Wildman–Crippen MR) is 56.6 cm³/mol. The van der Waals surface area contributed by atoms with Crippen molar-refractivity contribution in [3.8, 4) is 0 Å². The Labute approximate surface area is 95.5 Å². The maximum absolute atomic E-state index is 11.7. The Morgan fingerprint density at radius 3 is 2.75 bits per heavy atom. The van der Waals surface area contributed by atoms with Crippen molar-refractivity contribution in [2.75, 3.05) is 13.1 Å². The molecule has 1 heterocycles. The first-order chi connectivity index (χ1) is 7.47. The van der Waals surface area contributed by atoms with Gasteiger partial charge in [0.15, 0.2) is 0 Å². The van der Waals surface area contributed by atoms with E-state index in [0.29, 0.717) is 6.42 Å². The number of carbonyl (C=O) groups is 1. The number of nitrogens with one attached hydrogen (secondary N) is 1. The van der Waals surface area contributed by atoms with Gasteiger partial charge in [-0.1, -0.05) is 0 Å². The molecule has 0 aliphatic rings. The number of rotatable bonds is 6. The van der Waals surface area contributed by atoms with E-state index in [4.69, 9.17) is 0 Å². The van der Waals surface area contributed by atoms with Gasteiger partial charge in [-0.3, -0.25) is 4.79 Å². The molecular weight excluding hydrogens is 239 g/mol. The summed E-state index contributed by atoms with van der Waals surface area (Å²) in [5, 5.41) is 5.91. The molecule has 0 bridgehead atoms. The molecule has 0 saturated heterocycles. The summed E-state index contributed by atoms with van der Waals surface area (Å²) in [6.07, 6.45) is -3.38. The van der Waals surface area contributed by atoms with Crippen LogP contribution in [0, 0.1) is 0 Å². The monoisotopic (exact) mass is 251 g/mol. The Bertz CT molecular complexity index is 321. The molecule has 0 spiro atoms. The summed E-state index contributed by atoms with van der Waals surface area (Å²) in [5.41, 5.74) is 1.05. The van der Waals surface area contributed by atoms with Gasteiger partial charge in [-0.25, -0.2) is 0 Å². The first kappa shape index (κ1) is 13.2. The zero-order chi connectivity index (χ0) is 12.0. The van der Waals surface area contributed by atoms with Crippen molar-refractivity contribution in [1.29, 1.82) is 0 Å². The van der Waals surface area contributed by atoms with Crippen molar-refractivity contribution in [2.24, 2.45) is 0 Å². The largest absolute Gasteiger partial charge is 0.401 e. The van der Waals surface area contributed by atoms with Crippen LogP contribution in [0.15, 0.2) is 16.8 Å². The third-order valence-electron chi connectivity index (χ3n) is 1.92. The van der Waals surface area contributed by atoms with E-state index in [1.54, 1.807) is 0 Å². The van der Waals surface area contributed by atoms with Crippen molar-refractivity contribution < 1.29 is 18.0 Å². The fourth-order valence-electron chi connectivity index (χ4n) is 1.15. The van der Waals surface area contributed by atoms with Crippen LogP contribution < -0.4 is 5.32 Å². The number of Topliss-reactive ketones (excluding diaryl/α,β-unsaturated/α-hetero) is 1. The molecule has 0 aliphatic heterocycles. The first-order valence-electron chi connectivity index (χ1n) is 4.77. The Morgan fingerprint density at radius 1 is 1.44 bits per heavy atom. The van der Waals surface area contributed by atoms with Gasteiger partial charge in [0, 0.05) is 6.42 Å². The molecule has 0 fully saturated rings. The number of thiophene rings is 1. The number of ketones is 1. The zero-order valence-corrected chi connectivity index (χ0v) is 9.33. The molecule has 0 unspecified atom stereocenters. The minimum atomic E-state index is -4.26. The summed E-state index contributed by atoms with van der Waals surface area (Å²) in [6, 6.07) is 1.90. The lowest BCUT2D eigenvalue weighted by Crippen LogP contribution is -2.32. The number of carbonyl (C=O) groups excluding carboxylic acids is 1. The van der Waals surface area contributed by atoms with E-state index < -0.39 is 12.7 Å². The number of hydrogen-bond acceptors (Lipinski definition) is 3. The fourth-order valence-corrected chi connectivity index (χ4v) is 1.85. The lowest BCUT2D eigenvalue weighted by Gasteiger charge is -2.07. The third kappa shape index (κ3) is 5.87. The fraction of sp³-hybridized carbons (Fsp3) is 0.500. The summed E-state index contributed by atoms with van der Waals surface area (Å²) in [5.74, 6) is -0.199. The van der Waals surface area contributed by atoms with Crippen LogP contribution in [-0.4, -0.2) is 25.0 Å². The van der Waals surface area contributed by atoms with Crippen molar-refractivity contribution in [2.45, 2.75) is 19.0 Å². The van der Waals surface area contributed by atoms with Crippen molar-refractivity contribution in [1.82, 2.24) is 5.32 Å². The molecule has 1 N–H and O–H groups in total. The second-order valence-corrected chi connectivity index (χ2v) is 4.17. The first-order valence-corrected chi connectivity index (χ1v) is 5.72. The van der Waals surface area contributed by atoms with Gasteiger partial charge in [0.1, 0.15) is 5.78 Å². The number of aryl methyl sites for hydroxylation is 1. The highest BCUT2D eigenvalue weighted by atomic mass is 32.1. The number of halogens is 3. The molecule has 0 radical (unpaired) electrons. The van der Waals surface area contributed by atoms with Crippen molar-refractivity contribution in [3.63, 3.8) is 0 Å². The van der Waals surface area contributed by atoms with Gasteiger partial charge < -0.3 is 5.32 Å². The minimum absolute atomic E-state index is 0.199. The smallest absolute Gasteiger partial charge is 0.302 e. The molecule has 1 aromatic heterocycles. The van der Waals surface area contributed by atoms with Crippen LogP contribution in [0.3, 0.4) is 0 Å². The lowest BCUT2D eigenvalue weighted by atomic mass is 10.1. The summed E-state index contributed by atoms with van der Waals surface area (Å²) < 4.78 is 35.2. The van der Waals surface area contributed by atoms with Crippen molar-refractivity contribution >= 4 is 17.1 Å². The Balaban J connectivity index is 2.12. The molecular formula is C10H12F3NOS. The van der Waals surface area contributed by atoms with E-state index in [-0.39, 0.29) is 18.7 Å². The summed E-state index contributed by atoms with van der Waals surface area (Å²) in [4.78, 5) is 11.2. The Hall–Kier alpha value is -0.880. The average Bonchev–Trinajstić information content (AvgIpc) is 2.65. The lowest BCUT2D eigenvalue weighted by molar-refractivity contribution is -0.127. The van der Waals surface area contributed by atoms with E-state index >= 15 is 0 Å². The standard InChI is InChI=1S/C10H12F3NOS/c11-10(12,13)7-14-5-9(15)2-1-8-3-4-16-6-8/h3-4,6,14H,1-2,5,7H2. The van der Waals surface area contributed by atoms with E-state index in [1.165, 1.54) is 11.3 Å². The summed E-state index contributed by atoms with van der Waals surface area (Å²) >= 11 is 1.54. The van der Waals surface area contributed by atoms with E-state index in [9.17, 15) is 18.0 Å². The maximum atomic E-state index is 11.7. The highest BCUT2D eigenvalue weighted by Gasteiger charge is 2.26. The van der Waals surface area contributed by atoms with Gasteiger partial charge in [0.25, 0.3) is 0 Å². The van der Waals surface area contributed by atoms with Crippen LogP contribution in [0.2, 0.25) is 0 Å². The van der Waals surface area contributed by atoms with Crippen LogP contribution in [-0.2, 0) is 11.2 Å². The molecule has 0 amide bonds. The molecule has 1 aromatic rings. The van der Waals surface area contributed by atoms with Crippen LogP contribution in [0.25, 0.3) is 0 Å². The topological polar surface area (TPSA) is 29.1 Å². The van der Waals surface area contributed by atoms with Gasteiger partial charge >= 0.3 is 6.18 Å². The maximum Gasteiger partial charge on any atom is 0.401 e. The minimum Gasteiger partial charge on any atom is -0.302 e. The molecule has 90 valence electrons. The van der Waals surface area contributed by atoms with Crippen LogP contribution in [0.1, 0.15) is 12.0 Å². The Kier molecular flexibility index (Phi) is 4.95. The summed E-state index contributed by atoms with van der Waals surface area (Å²) in [6.45, 7) is -1.33. The molecule has 0 saturated carbocycles. The molecule has 0 aliphatic carbocycles. The van der Waals surface area contributed by atoms with Crippen LogP contribution in [0.4, 0.5) is 13.2 Å². The average molecular weight is 251 g/mol. The predicted octanol–water partition coefficient (Wildman–Crippen LogP) is 2.40. The van der Waals surface area contributed by atoms with E-state index in [0.717, 1.165) is 5.56 Å². The molecule has 2 nitrogen and oxygen atoms in total. The second kappa shape index (κ2) is 6.00. The SMILES string of the molecule is O=C(CCc1ccsc1)CNCC(F)(F)F.